The maximum Gasteiger partial charge on any atom is 0.331 e. The number of aldehydes is 1. The summed E-state index contributed by atoms with van der Waals surface area (Å²) < 4.78 is 11.2. The Morgan fingerprint density at radius 1 is 0.964 bits per heavy atom. The summed E-state index contributed by atoms with van der Waals surface area (Å²) in [5.41, 5.74) is -6.67. The van der Waals surface area contributed by atoms with E-state index in [0.717, 1.165) is 49.7 Å². The molecule has 6 saturated carbocycles. The maximum atomic E-state index is 14.3. The molecule has 10 aliphatic rings. The quantitative estimate of drug-likeness (QED) is 0.0936. The average molecular weight is 760 g/mol. The first-order valence-corrected chi connectivity index (χ1v) is 21.6. The number of esters is 1. The molecule has 6 fully saturated rings. The van der Waals surface area contributed by atoms with Crippen LogP contribution in [-0.2, 0) is 19.1 Å². The number of aliphatic hydroxyl groups is 5. The second-order valence-corrected chi connectivity index (χ2v) is 20.0. The van der Waals surface area contributed by atoms with E-state index in [4.69, 9.17) is 9.47 Å². The Hall–Kier alpha value is -2.18. The number of carbonyl (C=O) groups excluding carboxylic acids is 2. The molecule has 0 radical (unpaired) electrons. The molecule has 0 aromatic heterocycles. The molecule has 0 spiro atoms. The van der Waals surface area contributed by atoms with Gasteiger partial charge >= 0.3 is 5.97 Å². The number of ether oxygens (including phenoxy) is 2. The minimum Gasteiger partial charge on any atom is -0.450 e. The summed E-state index contributed by atoms with van der Waals surface area (Å²) in [5, 5.41) is 70.2. The molecule has 0 unspecified atom stereocenters. The van der Waals surface area contributed by atoms with Gasteiger partial charge in [0.25, 0.3) is 0 Å². The topological polar surface area (TPSA) is 166 Å². The lowest BCUT2D eigenvalue weighted by Crippen LogP contribution is -2.88. The minimum atomic E-state index is -2.17. The molecular weight excluding hydrogens is 698 g/mol. The first-order valence-electron chi connectivity index (χ1n) is 21.6. The van der Waals surface area contributed by atoms with Crippen LogP contribution in [0, 0.1) is 75.9 Å². The average Bonchev–Trinajstić information content (AvgIpc) is 3.86. The van der Waals surface area contributed by atoms with Crippen molar-refractivity contribution in [3.63, 3.8) is 0 Å². The molecule has 1 aliphatic heterocycles. The molecule has 0 amide bonds. The lowest BCUT2D eigenvalue weighted by Gasteiger charge is -2.76. The molecule has 10 nitrogen and oxygen atoms in total. The van der Waals surface area contributed by atoms with Crippen LogP contribution in [0.1, 0.15) is 77.6 Å². The molecule has 0 aromatic carbocycles. The molecule has 9 aliphatic carbocycles. The number of methoxy groups -OCH3 is 1. The fourth-order valence-corrected chi connectivity index (χ4v) is 16.4. The van der Waals surface area contributed by atoms with Crippen LogP contribution >= 0.6 is 0 Å². The van der Waals surface area contributed by atoms with E-state index >= 15 is 0 Å². The molecular formula is C45H61NO9. The Bertz CT molecular complexity index is 1730. The molecule has 0 aromatic rings. The molecule has 18 atom stereocenters. The third-order valence-corrected chi connectivity index (χ3v) is 18.3. The van der Waals surface area contributed by atoms with E-state index in [2.05, 4.69) is 23.5 Å². The maximum absolute atomic E-state index is 14.3. The van der Waals surface area contributed by atoms with Gasteiger partial charge in [-0.25, -0.2) is 4.79 Å². The van der Waals surface area contributed by atoms with Crippen molar-refractivity contribution >= 4 is 12.3 Å². The zero-order valence-corrected chi connectivity index (χ0v) is 32.4. The van der Waals surface area contributed by atoms with Crippen LogP contribution in [0.4, 0.5) is 0 Å². The van der Waals surface area contributed by atoms with Gasteiger partial charge in [-0.1, -0.05) is 63.0 Å². The van der Waals surface area contributed by atoms with Gasteiger partial charge in [-0.15, -0.1) is 0 Å². The molecule has 0 saturated heterocycles. The van der Waals surface area contributed by atoms with E-state index in [0.29, 0.717) is 44.2 Å². The Labute approximate surface area is 324 Å². The van der Waals surface area contributed by atoms with E-state index in [1.54, 1.807) is 13.2 Å². The van der Waals surface area contributed by atoms with E-state index in [1.165, 1.54) is 12.8 Å². The van der Waals surface area contributed by atoms with Gasteiger partial charge < -0.3 is 45.1 Å². The van der Waals surface area contributed by atoms with E-state index in [1.807, 2.05) is 19.1 Å². The number of rotatable bonds is 8. The van der Waals surface area contributed by atoms with Crippen molar-refractivity contribution in [2.24, 2.45) is 75.9 Å². The van der Waals surface area contributed by atoms with Gasteiger partial charge in [-0.3, -0.25) is 0 Å². The Balaban J connectivity index is 1.12. The van der Waals surface area contributed by atoms with Crippen molar-refractivity contribution in [1.82, 2.24) is 5.32 Å². The summed E-state index contributed by atoms with van der Waals surface area (Å²) in [7, 11) is 1.67. The lowest BCUT2D eigenvalue weighted by molar-refractivity contribution is -0.388. The monoisotopic (exact) mass is 759 g/mol. The number of aliphatic hydroxyl groups excluding tert-OH is 2. The highest BCUT2D eigenvalue weighted by molar-refractivity contribution is 5.87. The smallest absolute Gasteiger partial charge is 0.331 e. The third kappa shape index (κ3) is 4.51. The van der Waals surface area contributed by atoms with Gasteiger partial charge in [0.05, 0.1) is 23.2 Å². The number of allylic oxidation sites excluding steroid dienone is 5. The fourth-order valence-electron chi connectivity index (χ4n) is 16.4. The molecule has 0 bridgehead atoms. The summed E-state index contributed by atoms with van der Waals surface area (Å²) in [5.74, 6) is -3.57. The number of carbonyl (C=O) groups is 2. The largest absolute Gasteiger partial charge is 0.450 e. The summed E-state index contributed by atoms with van der Waals surface area (Å²) >= 11 is 0. The van der Waals surface area contributed by atoms with Crippen LogP contribution in [0.25, 0.3) is 0 Å². The van der Waals surface area contributed by atoms with Crippen molar-refractivity contribution in [2.75, 3.05) is 26.8 Å². The van der Waals surface area contributed by atoms with Crippen molar-refractivity contribution in [3.05, 3.63) is 47.6 Å². The van der Waals surface area contributed by atoms with Crippen molar-refractivity contribution in [2.45, 2.75) is 113 Å². The van der Waals surface area contributed by atoms with E-state index < -0.39 is 81.5 Å². The Morgan fingerprint density at radius 3 is 2.53 bits per heavy atom. The Kier molecular flexibility index (Phi) is 8.54. The highest BCUT2D eigenvalue weighted by Gasteiger charge is 2.87. The van der Waals surface area contributed by atoms with Crippen LogP contribution in [0.15, 0.2) is 47.6 Å². The predicted molar refractivity (Wildman–Crippen MR) is 202 cm³/mol. The molecule has 55 heavy (non-hydrogen) atoms. The summed E-state index contributed by atoms with van der Waals surface area (Å²) in [6.45, 7) is 3.85. The van der Waals surface area contributed by atoms with Crippen molar-refractivity contribution < 1.29 is 44.6 Å². The summed E-state index contributed by atoms with van der Waals surface area (Å²) in [4.78, 5) is 27.4. The van der Waals surface area contributed by atoms with Crippen LogP contribution in [-0.4, -0.2) is 99.7 Å². The zero-order chi connectivity index (χ0) is 38.3. The fraction of sp³-hybridized carbons (Fsp3) is 0.778. The second-order valence-electron chi connectivity index (χ2n) is 20.0. The Morgan fingerprint density at radius 2 is 1.76 bits per heavy atom. The SMILES string of the molecule is COCCCNCC1=C[C@@H]2C[C@]3(O)[C@]4(O)[C@H](O)[C@@H]5C[C@H]6[C@H](C=CC[C@@H]6C6CCCC6)C[C@H]6[C@@H](O)C[C@@H]7C=C[C@H](C[C@]3(C)[C@H]2C2=CC(=O)O[C@@H]12)[C@@H]4[C@]7(C=O)[C@]56O. The first-order chi connectivity index (χ1) is 26.4. The van der Waals surface area contributed by atoms with Crippen LogP contribution in [0.3, 0.4) is 0 Å². The van der Waals surface area contributed by atoms with Gasteiger partial charge in [0.2, 0.25) is 0 Å². The second kappa shape index (κ2) is 12.7. The summed E-state index contributed by atoms with van der Waals surface area (Å²) in [6, 6.07) is 0. The normalized spacial score (nSPS) is 54.2. The number of hydrogen-bond acceptors (Lipinski definition) is 10. The number of fused-ring (bicyclic) bond motifs is 7. The van der Waals surface area contributed by atoms with Crippen LogP contribution in [0.2, 0.25) is 0 Å². The van der Waals surface area contributed by atoms with E-state index in [-0.39, 0.29) is 36.5 Å². The van der Waals surface area contributed by atoms with Crippen molar-refractivity contribution in [3.8, 4) is 0 Å². The first kappa shape index (κ1) is 37.1. The predicted octanol–water partition coefficient (Wildman–Crippen LogP) is 3.41. The highest BCUT2D eigenvalue weighted by atomic mass is 16.5. The summed E-state index contributed by atoms with van der Waals surface area (Å²) in [6.07, 6.45) is 18.4. The van der Waals surface area contributed by atoms with Gasteiger partial charge in [0, 0.05) is 49.5 Å². The number of hydrogen-bond donors (Lipinski definition) is 6. The molecule has 300 valence electrons. The van der Waals surface area contributed by atoms with Gasteiger partial charge in [-0.05, 0) is 110 Å². The van der Waals surface area contributed by atoms with E-state index in [9.17, 15) is 35.1 Å². The van der Waals surface area contributed by atoms with Gasteiger partial charge in [-0.2, -0.15) is 0 Å². The molecule has 10 heteroatoms. The highest BCUT2D eigenvalue weighted by Crippen LogP contribution is 2.79. The lowest BCUT2D eigenvalue weighted by atomic mass is 9.31. The molecule has 1 heterocycles. The molecule has 6 N–H and O–H groups in total. The van der Waals surface area contributed by atoms with Crippen LogP contribution in [0.5, 0.6) is 0 Å². The standard InChI is InChI=1S/C45H61NO9/c1-41-20-26-11-12-29-17-35(48)33-16-25-9-5-10-30(24-7-3-4-8-24)31(25)18-34-40(50)45(53,39(26)42(29,23-47)44(33,34)52)43(41,51)21-27-15-28(22-46-13-6-14-54-2)38-32(37(27)41)19-36(49)55-38/h5,9,11-12,15,19,23-27,29-31,33-35,37-40,46,48,50-53H,3-4,6-8,10,13-14,16-18,20-22H2,1-2H3/t25-,26-,27-,29+,30-,31+,33+,34+,35+,37-,38+,39-,40-,41-,42-,43-,44-,45-/m1/s1. The van der Waals surface area contributed by atoms with Gasteiger partial charge in [0.1, 0.15) is 23.6 Å². The third-order valence-electron chi connectivity index (χ3n) is 18.3. The number of nitrogens with one attached hydrogen (secondary N) is 1. The minimum absolute atomic E-state index is 0.0748. The molecule has 10 rings (SSSR count). The van der Waals surface area contributed by atoms with Gasteiger partial charge in [0.15, 0.2) is 0 Å². The van der Waals surface area contributed by atoms with Crippen molar-refractivity contribution in [1.29, 1.82) is 0 Å². The zero-order valence-electron chi connectivity index (χ0n) is 32.4. The van der Waals surface area contributed by atoms with Crippen LogP contribution < -0.4 is 5.32 Å².